The molecular weight excluding hydrogens is 560 g/mol. The van der Waals surface area contributed by atoms with Crippen LogP contribution in [0, 0.1) is 57.3 Å². The fourth-order valence-corrected chi connectivity index (χ4v) is 3.92. The van der Waals surface area contributed by atoms with Crippen molar-refractivity contribution in [2.45, 2.75) is 0 Å². The third-order valence-electron chi connectivity index (χ3n) is 5.80. The number of benzene rings is 2. The minimum Gasteiger partial charge on any atom is -0.495 e. The molecule has 11 nitrogen and oxygen atoms in total. The van der Waals surface area contributed by atoms with Gasteiger partial charge < -0.3 is 10.5 Å². The molecule has 5 aromatic rings. The van der Waals surface area contributed by atoms with E-state index >= 15 is 0 Å². The Morgan fingerprint density at radius 3 is 1.74 bits per heavy atom. The Labute approximate surface area is 232 Å². The number of pyridine rings is 2. The summed E-state index contributed by atoms with van der Waals surface area (Å²) in [6, 6.07) is 10.9. The van der Waals surface area contributed by atoms with Gasteiger partial charge in [-0.3, -0.25) is 23.8 Å². The van der Waals surface area contributed by atoms with E-state index in [1.807, 2.05) is 0 Å². The maximum atomic E-state index is 14.0. The number of aromatic nitrogens is 4. The fourth-order valence-electron chi connectivity index (χ4n) is 3.92. The Hall–Kier alpha value is -6.40. The van der Waals surface area contributed by atoms with Gasteiger partial charge in [-0.1, -0.05) is 0 Å². The van der Waals surface area contributed by atoms with Crippen LogP contribution in [0.25, 0.3) is 22.3 Å². The number of H-pyrrole nitrogens is 1. The lowest BCUT2D eigenvalue weighted by molar-refractivity contribution is 0.411. The van der Waals surface area contributed by atoms with Crippen LogP contribution in [0.15, 0.2) is 58.4 Å². The van der Waals surface area contributed by atoms with Crippen molar-refractivity contribution < 1.29 is 22.3 Å². The maximum absolute atomic E-state index is 14.0. The van der Waals surface area contributed by atoms with E-state index in [1.54, 1.807) is 18.2 Å². The quantitative estimate of drug-likeness (QED) is 0.308. The number of ether oxygens (including phenoxy) is 1. The van der Waals surface area contributed by atoms with Crippen molar-refractivity contribution in [3.05, 3.63) is 109 Å². The van der Waals surface area contributed by atoms with Gasteiger partial charge >= 0.3 is 0 Å². The van der Waals surface area contributed by atoms with Crippen molar-refractivity contribution in [2.24, 2.45) is 0 Å². The number of nitrogens with zero attached hydrogens (tertiary/aromatic N) is 6. The summed E-state index contributed by atoms with van der Waals surface area (Å²) >= 11 is 0. The highest BCUT2D eigenvalue weighted by Gasteiger charge is 2.19. The van der Waals surface area contributed by atoms with Crippen molar-refractivity contribution in [2.75, 3.05) is 12.8 Å². The first-order chi connectivity index (χ1) is 20.1. The van der Waals surface area contributed by atoms with Gasteiger partial charge in [-0.2, -0.15) is 20.9 Å². The SMILES string of the molecule is COc1ccn(-c2c(F)cc(C#N)cc2F)c(=O)c1C#N.N#Cc1cc(F)c(-n2ccc3[nH]nc(N)c3c2=O)c(F)c1. The summed E-state index contributed by atoms with van der Waals surface area (Å²) < 4.78 is 62.1. The molecule has 0 aliphatic rings. The molecule has 3 aromatic heterocycles. The molecule has 3 heterocycles. The molecule has 0 atom stereocenters. The van der Waals surface area contributed by atoms with Crippen molar-refractivity contribution in [1.29, 1.82) is 15.8 Å². The van der Waals surface area contributed by atoms with Gasteiger partial charge in [0.2, 0.25) is 0 Å². The van der Waals surface area contributed by atoms with Crippen molar-refractivity contribution in [3.8, 4) is 35.3 Å². The van der Waals surface area contributed by atoms with Gasteiger partial charge in [-0.05, 0) is 36.4 Å². The molecule has 42 heavy (non-hydrogen) atoms. The van der Waals surface area contributed by atoms with Gasteiger partial charge in [-0.15, -0.1) is 0 Å². The highest BCUT2D eigenvalue weighted by Crippen LogP contribution is 2.22. The number of hydrogen-bond acceptors (Lipinski definition) is 8. The minimum atomic E-state index is -1.08. The number of anilines is 1. The fraction of sp³-hybridized carbons (Fsp3) is 0.0370. The lowest BCUT2D eigenvalue weighted by atomic mass is 10.2. The first-order valence-electron chi connectivity index (χ1n) is 11.4. The van der Waals surface area contributed by atoms with E-state index in [0.717, 1.165) is 35.0 Å². The van der Waals surface area contributed by atoms with Crippen LogP contribution in [-0.2, 0) is 0 Å². The summed E-state index contributed by atoms with van der Waals surface area (Å²) in [5.41, 5.74) is 2.32. The number of methoxy groups -OCH3 is 1. The number of nitrogens with one attached hydrogen (secondary N) is 1. The monoisotopic (exact) mass is 574 g/mol. The molecular formula is C27H14F4N8O3. The number of nitrogens with two attached hydrogens (primary N) is 1. The van der Waals surface area contributed by atoms with E-state index in [0.29, 0.717) is 10.1 Å². The number of hydrogen-bond donors (Lipinski definition) is 2. The van der Waals surface area contributed by atoms with E-state index in [4.69, 9.17) is 26.3 Å². The molecule has 5 rings (SSSR count). The largest absolute Gasteiger partial charge is 0.495 e. The zero-order valence-electron chi connectivity index (χ0n) is 21.1. The van der Waals surface area contributed by atoms with Gasteiger partial charge in [0, 0.05) is 12.4 Å². The molecule has 208 valence electrons. The van der Waals surface area contributed by atoms with E-state index in [2.05, 4.69) is 10.2 Å². The number of nitriles is 3. The third-order valence-corrected chi connectivity index (χ3v) is 5.80. The Bertz CT molecular complexity index is 2090. The lowest BCUT2D eigenvalue weighted by Crippen LogP contribution is -2.23. The Kier molecular flexibility index (Phi) is 7.75. The second-order valence-corrected chi connectivity index (χ2v) is 8.24. The van der Waals surface area contributed by atoms with Crippen molar-refractivity contribution >= 4 is 16.7 Å². The molecule has 0 aliphatic heterocycles. The molecule has 3 N–H and O–H groups in total. The molecule has 0 radical (unpaired) electrons. The standard InChI is InChI=1S/C14H7F2N3O2.C13H7F2N5O/c1-21-12-2-3-19(14(20)9(12)7-18)13-10(15)4-8(6-17)5-11(13)16;14-7-3-6(5-16)4-8(15)11(7)20-2-1-9-10(13(20)21)12(17)19-18-9/h2-5H,1H3;1-4H,(H3,17,18,19). The zero-order valence-corrected chi connectivity index (χ0v) is 21.1. The smallest absolute Gasteiger partial charge is 0.277 e. The zero-order chi connectivity index (χ0) is 30.7. The molecule has 0 saturated carbocycles. The predicted molar refractivity (Wildman–Crippen MR) is 139 cm³/mol. The molecule has 0 bridgehead atoms. The summed E-state index contributed by atoms with van der Waals surface area (Å²) in [6.07, 6.45) is 2.30. The molecule has 0 spiro atoms. The van der Waals surface area contributed by atoms with Gasteiger partial charge in [0.1, 0.15) is 28.6 Å². The summed E-state index contributed by atoms with van der Waals surface area (Å²) in [5.74, 6) is -4.25. The van der Waals surface area contributed by atoms with Crippen molar-refractivity contribution in [3.63, 3.8) is 0 Å². The minimum absolute atomic E-state index is 0.00760. The summed E-state index contributed by atoms with van der Waals surface area (Å²) in [7, 11) is 1.27. The van der Waals surface area contributed by atoms with Gasteiger partial charge in [-0.25, -0.2) is 17.6 Å². The average molecular weight is 574 g/mol. The normalized spacial score (nSPS) is 10.2. The van der Waals surface area contributed by atoms with Crippen LogP contribution >= 0.6 is 0 Å². The molecule has 0 aliphatic carbocycles. The van der Waals surface area contributed by atoms with Crippen LogP contribution < -0.4 is 21.6 Å². The number of aromatic amines is 1. The van der Waals surface area contributed by atoms with Crippen LogP contribution in [0.1, 0.15) is 16.7 Å². The molecule has 0 fully saturated rings. The molecule has 15 heteroatoms. The number of halogens is 4. The first kappa shape index (κ1) is 28.6. The molecule has 0 amide bonds. The van der Waals surface area contributed by atoms with Crippen LogP contribution in [0.5, 0.6) is 5.75 Å². The highest BCUT2D eigenvalue weighted by molar-refractivity contribution is 5.87. The Morgan fingerprint density at radius 1 is 0.810 bits per heavy atom. The summed E-state index contributed by atoms with van der Waals surface area (Å²) in [4.78, 5) is 24.4. The molecule has 0 unspecified atom stereocenters. The number of nitrogen functional groups attached to an aromatic ring is 1. The van der Waals surface area contributed by atoms with Gasteiger partial charge in [0.05, 0.1) is 35.9 Å². The Morgan fingerprint density at radius 2 is 1.29 bits per heavy atom. The second-order valence-electron chi connectivity index (χ2n) is 8.24. The molecule has 0 saturated heterocycles. The van der Waals surface area contributed by atoms with Crippen LogP contribution in [0.2, 0.25) is 0 Å². The third kappa shape index (κ3) is 4.99. The summed E-state index contributed by atoms with van der Waals surface area (Å²) in [6.45, 7) is 0. The topological polar surface area (TPSA) is 179 Å². The first-order valence-corrected chi connectivity index (χ1v) is 11.4. The van der Waals surface area contributed by atoms with Crippen molar-refractivity contribution in [1.82, 2.24) is 19.3 Å². The number of fused-ring (bicyclic) bond motifs is 1. The van der Waals surface area contributed by atoms with Crippen LogP contribution in [0.3, 0.4) is 0 Å². The van der Waals surface area contributed by atoms with Crippen LogP contribution in [-0.4, -0.2) is 26.4 Å². The maximum Gasteiger partial charge on any atom is 0.277 e. The predicted octanol–water partition coefficient (Wildman–Crippen LogP) is 3.31. The number of rotatable bonds is 3. The Balaban J connectivity index is 0.000000193. The lowest BCUT2D eigenvalue weighted by Gasteiger charge is -2.10. The second kappa shape index (κ2) is 11.4. The summed E-state index contributed by atoms with van der Waals surface area (Å²) in [5, 5.41) is 32.5. The van der Waals surface area contributed by atoms with E-state index in [-0.39, 0.29) is 33.6 Å². The van der Waals surface area contributed by atoms with Gasteiger partial charge in [0.15, 0.2) is 34.7 Å². The average Bonchev–Trinajstić information content (AvgIpc) is 3.35. The highest BCUT2D eigenvalue weighted by atomic mass is 19.1. The van der Waals surface area contributed by atoms with Gasteiger partial charge in [0.25, 0.3) is 11.1 Å². The van der Waals surface area contributed by atoms with E-state index < -0.39 is 45.8 Å². The van der Waals surface area contributed by atoms with E-state index in [9.17, 15) is 27.2 Å². The van der Waals surface area contributed by atoms with Crippen LogP contribution in [0.4, 0.5) is 23.4 Å². The van der Waals surface area contributed by atoms with E-state index in [1.165, 1.54) is 25.4 Å². The molecule has 2 aromatic carbocycles.